The molecule has 0 spiro atoms. The van der Waals surface area contributed by atoms with Gasteiger partial charge in [0.2, 0.25) is 0 Å². The fraction of sp³-hybridized carbons (Fsp3) is 0.350. The summed E-state index contributed by atoms with van der Waals surface area (Å²) in [5.74, 6) is 2.20. The van der Waals surface area contributed by atoms with Gasteiger partial charge in [0.1, 0.15) is 22.6 Å². The molecule has 0 aliphatic carbocycles. The molecule has 3 aromatic heterocycles. The summed E-state index contributed by atoms with van der Waals surface area (Å²) < 4.78 is 7.46. The topological polar surface area (TPSA) is 81.8 Å². The number of anilines is 1. The molecule has 0 bridgehead atoms. The van der Waals surface area contributed by atoms with Crippen molar-refractivity contribution in [2.45, 2.75) is 18.8 Å². The van der Waals surface area contributed by atoms with Crippen LogP contribution in [0.5, 0.6) is 5.75 Å². The van der Waals surface area contributed by atoms with Crippen molar-refractivity contribution in [3.8, 4) is 16.3 Å². The molecule has 1 aliphatic rings. The highest BCUT2D eigenvalue weighted by molar-refractivity contribution is 7.14. The lowest BCUT2D eigenvalue weighted by atomic mass is 9.97. The van der Waals surface area contributed by atoms with Gasteiger partial charge in [-0.1, -0.05) is 23.5 Å². The van der Waals surface area contributed by atoms with E-state index in [9.17, 15) is 0 Å². The van der Waals surface area contributed by atoms with Gasteiger partial charge in [0, 0.05) is 26.1 Å². The molecule has 4 aromatic rings. The second-order valence-electron chi connectivity index (χ2n) is 7.13. The lowest BCUT2D eigenvalue weighted by molar-refractivity contribution is 0.416. The molecule has 1 fully saturated rings. The zero-order chi connectivity index (χ0) is 19.8. The van der Waals surface area contributed by atoms with E-state index in [4.69, 9.17) is 4.74 Å². The van der Waals surface area contributed by atoms with Crippen LogP contribution in [0.15, 0.2) is 36.9 Å². The molecule has 5 rings (SSSR count). The molecule has 0 unspecified atom stereocenters. The first-order valence-corrected chi connectivity index (χ1v) is 10.4. The number of para-hydroxylation sites is 1. The fourth-order valence-electron chi connectivity index (χ4n) is 3.87. The van der Waals surface area contributed by atoms with Crippen LogP contribution >= 0.6 is 11.3 Å². The molecule has 1 aromatic carbocycles. The van der Waals surface area contributed by atoms with E-state index in [0.29, 0.717) is 5.92 Å². The number of rotatable bonds is 4. The van der Waals surface area contributed by atoms with Crippen molar-refractivity contribution < 1.29 is 4.74 Å². The van der Waals surface area contributed by atoms with Crippen LogP contribution in [0.4, 0.5) is 5.82 Å². The van der Waals surface area contributed by atoms with Gasteiger partial charge >= 0.3 is 0 Å². The quantitative estimate of drug-likeness (QED) is 0.513. The molecule has 0 atom stereocenters. The molecule has 4 heterocycles. The molecule has 0 N–H and O–H groups in total. The van der Waals surface area contributed by atoms with Crippen LogP contribution in [-0.2, 0) is 7.05 Å². The summed E-state index contributed by atoms with van der Waals surface area (Å²) in [5, 5.41) is 10.9. The standard InChI is InChI=1S/C20H21N7OS/c1-26-12-23-17-16(26)18(22-11-21-17)27-9-7-13(8-10-27)19-24-25-20(29-19)14-5-3-4-6-15(14)28-2/h3-6,11-13H,7-10H2,1-2H3. The summed E-state index contributed by atoms with van der Waals surface area (Å²) >= 11 is 1.66. The summed E-state index contributed by atoms with van der Waals surface area (Å²) in [6.45, 7) is 1.84. The Bertz CT molecular complexity index is 1150. The number of aryl methyl sites for hydroxylation is 1. The van der Waals surface area contributed by atoms with Crippen molar-refractivity contribution >= 4 is 28.3 Å². The molecular formula is C20H21N7OS. The predicted molar refractivity (Wildman–Crippen MR) is 112 cm³/mol. The number of hydrogen-bond acceptors (Lipinski definition) is 8. The Morgan fingerprint density at radius 3 is 2.72 bits per heavy atom. The molecule has 8 nitrogen and oxygen atoms in total. The smallest absolute Gasteiger partial charge is 0.182 e. The maximum Gasteiger partial charge on any atom is 0.182 e. The van der Waals surface area contributed by atoms with Crippen molar-refractivity contribution in [2.75, 3.05) is 25.1 Å². The molecule has 1 aliphatic heterocycles. The first-order valence-electron chi connectivity index (χ1n) is 9.58. The van der Waals surface area contributed by atoms with Gasteiger partial charge in [-0.25, -0.2) is 15.0 Å². The molecule has 148 valence electrons. The van der Waals surface area contributed by atoms with Gasteiger partial charge in [-0.2, -0.15) is 0 Å². The number of aromatic nitrogens is 6. The predicted octanol–water partition coefficient (Wildman–Crippen LogP) is 3.27. The minimum atomic E-state index is 0.413. The fourth-order valence-corrected chi connectivity index (χ4v) is 4.91. The highest BCUT2D eigenvalue weighted by Crippen LogP contribution is 2.37. The highest BCUT2D eigenvalue weighted by Gasteiger charge is 2.26. The van der Waals surface area contributed by atoms with Crippen molar-refractivity contribution in [1.29, 1.82) is 0 Å². The second-order valence-corrected chi connectivity index (χ2v) is 8.14. The summed E-state index contributed by atoms with van der Waals surface area (Å²) in [4.78, 5) is 15.5. The van der Waals surface area contributed by atoms with Gasteiger partial charge in [-0.05, 0) is 25.0 Å². The van der Waals surface area contributed by atoms with Crippen LogP contribution in [0.1, 0.15) is 23.8 Å². The number of methoxy groups -OCH3 is 1. The summed E-state index contributed by atoms with van der Waals surface area (Å²) in [6.07, 6.45) is 5.42. The minimum absolute atomic E-state index is 0.413. The zero-order valence-electron chi connectivity index (χ0n) is 16.3. The molecule has 0 saturated carbocycles. The summed E-state index contributed by atoms with van der Waals surface area (Å²) in [5.41, 5.74) is 2.72. The summed E-state index contributed by atoms with van der Waals surface area (Å²) in [6, 6.07) is 7.94. The van der Waals surface area contributed by atoms with Crippen LogP contribution in [0.3, 0.4) is 0 Å². The van der Waals surface area contributed by atoms with Gasteiger partial charge in [-0.15, -0.1) is 10.2 Å². The highest BCUT2D eigenvalue weighted by atomic mass is 32.1. The van der Waals surface area contributed by atoms with Crippen molar-refractivity contribution in [1.82, 2.24) is 29.7 Å². The Balaban J connectivity index is 1.34. The molecule has 0 radical (unpaired) electrons. The van der Waals surface area contributed by atoms with E-state index >= 15 is 0 Å². The lowest BCUT2D eigenvalue weighted by Crippen LogP contribution is -2.33. The van der Waals surface area contributed by atoms with E-state index in [1.165, 1.54) is 0 Å². The first kappa shape index (κ1) is 18.0. The van der Waals surface area contributed by atoms with Crippen LogP contribution in [0.2, 0.25) is 0 Å². The van der Waals surface area contributed by atoms with Crippen LogP contribution in [-0.4, -0.2) is 49.9 Å². The van der Waals surface area contributed by atoms with Gasteiger partial charge in [-0.3, -0.25) is 0 Å². The SMILES string of the molecule is COc1ccccc1-c1nnc(C2CCN(c3ncnc4ncn(C)c34)CC2)s1. The van der Waals surface area contributed by atoms with E-state index in [1.54, 1.807) is 31.1 Å². The van der Waals surface area contributed by atoms with Gasteiger partial charge < -0.3 is 14.2 Å². The van der Waals surface area contributed by atoms with Crippen molar-refractivity contribution in [3.63, 3.8) is 0 Å². The Labute approximate surface area is 172 Å². The average Bonchev–Trinajstić information content (AvgIpc) is 3.41. The number of fused-ring (bicyclic) bond motifs is 1. The van der Waals surface area contributed by atoms with Gasteiger partial charge in [0.25, 0.3) is 0 Å². The van der Waals surface area contributed by atoms with Gasteiger partial charge in [0.15, 0.2) is 16.5 Å². The Hall–Kier alpha value is -3.07. The number of ether oxygens (including phenoxy) is 1. The number of imidazole rings is 1. The molecule has 29 heavy (non-hydrogen) atoms. The van der Waals surface area contributed by atoms with Crippen molar-refractivity contribution in [3.05, 3.63) is 41.9 Å². The van der Waals surface area contributed by atoms with E-state index < -0.39 is 0 Å². The number of benzene rings is 1. The first-order chi connectivity index (χ1) is 14.2. The third kappa shape index (κ3) is 3.21. The van der Waals surface area contributed by atoms with Crippen LogP contribution in [0.25, 0.3) is 21.7 Å². The van der Waals surface area contributed by atoms with Gasteiger partial charge in [0.05, 0.1) is 19.0 Å². The third-order valence-electron chi connectivity index (χ3n) is 5.41. The van der Waals surface area contributed by atoms with Crippen LogP contribution in [0, 0.1) is 0 Å². The molecule has 0 amide bonds. The van der Waals surface area contributed by atoms with Crippen LogP contribution < -0.4 is 9.64 Å². The second kappa shape index (κ2) is 7.40. The Kier molecular flexibility index (Phi) is 4.59. The third-order valence-corrected chi connectivity index (χ3v) is 6.53. The summed E-state index contributed by atoms with van der Waals surface area (Å²) in [7, 11) is 3.67. The minimum Gasteiger partial charge on any atom is -0.496 e. The number of hydrogen-bond donors (Lipinski definition) is 0. The number of nitrogens with zero attached hydrogens (tertiary/aromatic N) is 7. The lowest BCUT2D eigenvalue weighted by Gasteiger charge is -2.32. The van der Waals surface area contributed by atoms with E-state index in [-0.39, 0.29) is 0 Å². The normalized spacial score (nSPS) is 15.2. The maximum absolute atomic E-state index is 5.47. The van der Waals surface area contributed by atoms with E-state index in [2.05, 4.69) is 30.0 Å². The van der Waals surface area contributed by atoms with E-state index in [0.717, 1.165) is 64.2 Å². The molecule has 1 saturated heterocycles. The largest absolute Gasteiger partial charge is 0.496 e. The Morgan fingerprint density at radius 2 is 1.90 bits per heavy atom. The average molecular weight is 408 g/mol. The van der Waals surface area contributed by atoms with Crippen molar-refractivity contribution in [2.24, 2.45) is 7.05 Å². The molecular weight excluding hydrogens is 386 g/mol. The van der Waals surface area contributed by atoms with E-state index in [1.807, 2.05) is 35.9 Å². The molecule has 9 heteroatoms. The maximum atomic E-state index is 5.47. The zero-order valence-corrected chi connectivity index (χ0v) is 17.1. The monoisotopic (exact) mass is 407 g/mol. The number of piperidine rings is 1. The Morgan fingerprint density at radius 1 is 1.07 bits per heavy atom.